The van der Waals surface area contributed by atoms with Gasteiger partial charge in [0.05, 0.1) is 18.5 Å². The van der Waals surface area contributed by atoms with Crippen LogP contribution >= 0.6 is 0 Å². The van der Waals surface area contributed by atoms with Crippen LogP contribution in [-0.4, -0.2) is 22.9 Å². The zero-order chi connectivity index (χ0) is 12.8. The molecule has 0 fully saturated rings. The zero-order valence-corrected chi connectivity index (χ0v) is 10.1. The molecule has 1 N–H and O–H groups in total. The van der Waals surface area contributed by atoms with Crippen LogP contribution in [0.5, 0.6) is 11.5 Å². The second kappa shape index (κ2) is 5.82. The van der Waals surface area contributed by atoms with Crippen LogP contribution in [0.1, 0.15) is 12.5 Å². The first-order chi connectivity index (χ1) is 8.79. The number of hydrogen-bond donors (Lipinski definition) is 1. The molecular formula is C14H14N2O2. The maximum Gasteiger partial charge on any atom is 0.128 e. The van der Waals surface area contributed by atoms with E-state index in [9.17, 15) is 5.11 Å². The Morgan fingerprint density at radius 1 is 1.39 bits per heavy atom. The van der Waals surface area contributed by atoms with Crippen LogP contribution in [0, 0.1) is 0 Å². The number of pyridine rings is 1. The molecule has 0 saturated carbocycles. The van der Waals surface area contributed by atoms with Gasteiger partial charge in [0, 0.05) is 24.0 Å². The summed E-state index contributed by atoms with van der Waals surface area (Å²) in [7, 11) is 0. The molecule has 0 radical (unpaired) electrons. The summed E-state index contributed by atoms with van der Waals surface area (Å²) in [5.74, 6) is 0.794. The molecule has 0 amide bonds. The van der Waals surface area contributed by atoms with Crippen molar-refractivity contribution >= 4 is 11.9 Å². The molecule has 1 aromatic carbocycles. The number of phenolic OH excluding ortho intramolecular Hbond substituents is 1. The largest absolute Gasteiger partial charge is 0.507 e. The van der Waals surface area contributed by atoms with Gasteiger partial charge in [-0.3, -0.25) is 9.98 Å². The first-order valence-corrected chi connectivity index (χ1v) is 5.69. The van der Waals surface area contributed by atoms with E-state index < -0.39 is 0 Å². The van der Waals surface area contributed by atoms with Crippen molar-refractivity contribution in [2.24, 2.45) is 4.99 Å². The van der Waals surface area contributed by atoms with Gasteiger partial charge in [-0.15, -0.1) is 0 Å². The Balaban J connectivity index is 2.17. The number of nitrogens with zero attached hydrogens (tertiary/aromatic N) is 2. The maximum atomic E-state index is 9.81. The van der Waals surface area contributed by atoms with Gasteiger partial charge in [0.15, 0.2) is 0 Å². The lowest BCUT2D eigenvalue weighted by atomic mass is 10.2. The van der Waals surface area contributed by atoms with Crippen LogP contribution in [0.15, 0.2) is 47.7 Å². The van der Waals surface area contributed by atoms with Gasteiger partial charge in [-0.1, -0.05) is 0 Å². The third kappa shape index (κ3) is 3.07. The van der Waals surface area contributed by atoms with Crippen molar-refractivity contribution in [3.05, 3.63) is 48.3 Å². The minimum atomic E-state index is 0.147. The smallest absolute Gasteiger partial charge is 0.128 e. The molecule has 2 rings (SSSR count). The summed E-state index contributed by atoms with van der Waals surface area (Å²) in [6, 6.07) is 8.79. The standard InChI is InChI=1S/C14H14N2O2/c1-2-18-13-6-5-11(14(17)8-13)9-16-12-4-3-7-15-10-12/h3-10,17H,2H2,1H3. The Kier molecular flexibility index (Phi) is 3.91. The Bertz CT molecular complexity index is 539. The molecule has 0 aliphatic carbocycles. The topological polar surface area (TPSA) is 54.7 Å². The Hall–Kier alpha value is -2.36. The van der Waals surface area contributed by atoms with Crippen molar-refractivity contribution in [2.45, 2.75) is 6.92 Å². The number of aliphatic imine (C=N–C) groups is 1. The predicted molar refractivity (Wildman–Crippen MR) is 70.8 cm³/mol. The molecule has 0 saturated heterocycles. The van der Waals surface area contributed by atoms with Crippen molar-refractivity contribution in [3.63, 3.8) is 0 Å². The zero-order valence-electron chi connectivity index (χ0n) is 10.1. The van der Waals surface area contributed by atoms with E-state index in [1.807, 2.05) is 19.1 Å². The molecule has 1 aromatic heterocycles. The summed E-state index contributed by atoms with van der Waals surface area (Å²) in [6.07, 6.45) is 4.94. The van der Waals surface area contributed by atoms with Gasteiger partial charge in [0.1, 0.15) is 11.5 Å². The lowest BCUT2D eigenvalue weighted by molar-refractivity contribution is 0.337. The molecule has 4 heteroatoms. The van der Waals surface area contributed by atoms with E-state index in [1.54, 1.807) is 36.8 Å². The highest BCUT2D eigenvalue weighted by molar-refractivity contribution is 5.85. The molecule has 92 valence electrons. The summed E-state index contributed by atoms with van der Waals surface area (Å²) < 4.78 is 5.29. The van der Waals surface area contributed by atoms with E-state index in [4.69, 9.17) is 4.74 Å². The summed E-state index contributed by atoms with van der Waals surface area (Å²) in [6.45, 7) is 2.47. The minimum absolute atomic E-state index is 0.147. The number of aromatic hydroxyl groups is 1. The highest BCUT2D eigenvalue weighted by Gasteiger charge is 2.00. The fraction of sp³-hybridized carbons (Fsp3) is 0.143. The Morgan fingerprint density at radius 3 is 2.94 bits per heavy atom. The van der Waals surface area contributed by atoms with Crippen LogP contribution in [0.25, 0.3) is 0 Å². The van der Waals surface area contributed by atoms with E-state index >= 15 is 0 Å². The lowest BCUT2D eigenvalue weighted by Crippen LogP contribution is -1.92. The van der Waals surface area contributed by atoms with Gasteiger partial charge in [-0.2, -0.15) is 0 Å². The third-order valence-electron chi connectivity index (χ3n) is 2.31. The second-order valence-corrected chi connectivity index (χ2v) is 3.62. The van der Waals surface area contributed by atoms with Gasteiger partial charge >= 0.3 is 0 Å². The number of rotatable bonds is 4. The minimum Gasteiger partial charge on any atom is -0.507 e. The van der Waals surface area contributed by atoms with E-state index in [0.29, 0.717) is 17.9 Å². The van der Waals surface area contributed by atoms with Gasteiger partial charge in [0.2, 0.25) is 0 Å². The van der Waals surface area contributed by atoms with Crippen molar-refractivity contribution in [1.82, 2.24) is 4.98 Å². The highest BCUT2D eigenvalue weighted by Crippen LogP contribution is 2.22. The summed E-state index contributed by atoms with van der Waals surface area (Å²) >= 11 is 0. The van der Waals surface area contributed by atoms with Crippen molar-refractivity contribution < 1.29 is 9.84 Å². The first kappa shape index (κ1) is 12.1. The Morgan fingerprint density at radius 2 is 2.28 bits per heavy atom. The van der Waals surface area contributed by atoms with Gasteiger partial charge in [0.25, 0.3) is 0 Å². The van der Waals surface area contributed by atoms with Crippen LogP contribution in [-0.2, 0) is 0 Å². The number of aromatic nitrogens is 1. The monoisotopic (exact) mass is 242 g/mol. The average Bonchev–Trinajstić information content (AvgIpc) is 2.39. The first-order valence-electron chi connectivity index (χ1n) is 5.69. The lowest BCUT2D eigenvalue weighted by Gasteiger charge is -2.04. The Labute approximate surface area is 106 Å². The molecule has 0 spiro atoms. The number of phenols is 1. The van der Waals surface area contributed by atoms with E-state index in [0.717, 1.165) is 5.69 Å². The second-order valence-electron chi connectivity index (χ2n) is 3.62. The summed E-state index contributed by atoms with van der Waals surface area (Å²) in [5.41, 5.74) is 1.38. The summed E-state index contributed by atoms with van der Waals surface area (Å²) in [4.78, 5) is 8.19. The van der Waals surface area contributed by atoms with E-state index in [1.165, 1.54) is 0 Å². The quantitative estimate of drug-likeness (QED) is 0.838. The fourth-order valence-corrected chi connectivity index (χ4v) is 1.46. The molecule has 1 heterocycles. The number of benzene rings is 1. The van der Waals surface area contributed by atoms with Gasteiger partial charge in [-0.05, 0) is 31.2 Å². The number of hydrogen-bond acceptors (Lipinski definition) is 4. The molecule has 0 aliphatic rings. The predicted octanol–water partition coefficient (Wildman–Crippen LogP) is 2.94. The molecule has 18 heavy (non-hydrogen) atoms. The average molecular weight is 242 g/mol. The molecular weight excluding hydrogens is 228 g/mol. The van der Waals surface area contributed by atoms with Crippen LogP contribution in [0.2, 0.25) is 0 Å². The van der Waals surface area contributed by atoms with Crippen molar-refractivity contribution in [1.29, 1.82) is 0 Å². The number of ether oxygens (including phenoxy) is 1. The van der Waals surface area contributed by atoms with Crippen molar-refractivity contribution in [2.75, 3.05) is 6.61 Å². The van der Waals surface area contributed by atoms with Gasteiger partial charge < -0.3 is 9.84 Å². The molecule has 0 bridgehead atoms. The third-order valence-corrected chi connectivity index (χ3v) is 2.31. The normalized spacial score (nSPS) is 10.7. The maximum absolute atomic E-state index is 9.81. The molecule has 2 aromatic rings. The van der Waals surface area contributed by atoms with Gasteiger partial charge in [-0.25, -0.2) is 0 Å². The fourth-order valence-electron chi connectivity index (χ4n) is 1.46. The molecule has 0 unspecified atom stereocenters. The van der Waals surface area contributed by atoms with Crippen molar-refractivity contribution in [3.8, 4) is 11.5 Å². The molecule has 0 atom stereocenters. The van der Waals surface area contributed by atoms with E-state index in [-0.39, 0.29) is 5.75 Å². The SMILES string of the molecule is CCOc1ccc(C=Nc2cccnc2)c(O)c1. The summed E-state index contributed by atoms with van der Waals surface area (Å²) in [5, 5.41) is 9.81. The van der Waals surface area contributed by atoms with Crippen LogP contribution in [0.4, 0.5) is 5.69 Å². The van der Waals surface area contributed by atoms with Crippen LogP contribution in [0.3, 0.4) is 0 Å². The molecule has 0 aliphatic heterocycles. The van der Waals surface area contributed by atoms with E-state index in [2.05, 4.69) is 9.98 Å². The van der Waals surface area contributed by atoms with Crippen LogP contribution < -0.4 is 4.74 Å². The molecule has 4 nitrogen and oxygen atoms in total. The highest BCUT2D eigenvalue weighted by atomic mass is 16.5.